The normalized spacial score (nSPS) is 44.8. The molecule has 0 spiro atoms. The van der Waals surface area contributed by atoms with E-state index in [9.17, 15) is 40.5 Å². The van der Waals surface area contributed by atoms with Gasteiger partial charge in [-0.05, 0) is 87.3 Å². The van der Waals surface area contributed by atoms with Crippen LogP contribution >= 0.6 is 0 Å². The van der Waals surface area contributed by atoms with E-state index < -0.39 is 79.9 Å². The van der Waals surface area contributed by atoms with Gasteiger partial charge in [-0.3, -0.25) is 4.79 Å². The van der Waals surface area contributed by atoms with Crippen molar-refractivity contribution in [2.45, 2.75) is 151 Å². The number of ketones is 1. The monoisotopic (exact) mass is 692 g/mol. The number of carbonyl (C=O) groups is 1. The van der Waals surface area contributed by atoms with E-state index in [0.717, 1.165) is 36.8 Å². The van der Waals surface area contributed by atoms with Gasteiger partial charge >= 0.3 is 0 Å². The molecule has 3 aliphatic heterocycles. The number of ether oxygens (including phenoxy) is 5. The Balaban J connectivity index is 1.11. The summed E-state index contributed by atoms with van der Waals surface area (Å²) in [5.41, 5.74) is 1.55. The lowest BCUT2D eigenvalue weighted by Gasteiger charge is -2.47. The van der Waals surface area contributed by atoms with E-state index in [2.05, 4.69) is 13.0 Å². The lowest BCUT2D eigenvalue weighted by molar-refractivity contribution is -0.368. The molecule has 13 nitrogen and oxygen atoms in total. The highest BCUT2D eigenvalue weighted by Crippen LogP contribution is 2.45. The maximum absolute atomic E-state index is 12.9. The summed E-state index contributed by atoms with van der Waals surface area (Å²) in [6, 6.07) is 6.06. The molecule has 274 valence electrons. The molecule has 0 aromatic heterocycles. The Morgan fingerprint density at radius 2 is 1.65 bits per heavy atom. The molecule has 3 fully saturated rings. The fraction of sp³-hybridized carbons (Fsp3) is 0.750. The van der Waals surface area contributed by atoms with Gasteiger partial charge in [0.25, 0.3) is 0 Å². The van der Waals surface area contributed by atoms with E-state index in [-0.39, 0.29) is 36.4 Å². The van der Waals surface area contributed by atoms with Crippen LogP contribution in [-0.4, -0.2) is 121 Å². The molecule has 15 atom stereocenters. The van der Waals surface area contributed by atoms with E-state index in [1.54, 1.807) is 6.92 Å². The lowest BCUT2D eigenvalue weighted by atomic mass is 9.70. The zero-order valence-electron chi connectivity index (χ0n) is 28.3. The van der Waals surface area contributed by atoms with Crippen LogP contribution in [0.25, 0.3) is 5.76 Å². The Kier molecular flexibility index (Phi) is 11.2. The standard InChI is InChI=1S/C36H52O13/c1-17-4-7-23-22-8-6-20(12-19(22)5-9-24(23)26(40)11-10-25(17)39)27-13-21(38)14-29(46-27)48-34-18(2)45-30(15-36(34,3)44)49-35-33(43)32(42)31(41)28(16-37)47-35/h6,8,12-13,17-18,23-26,28-35,37,39-44H,4-5,7,9-11,14-16H2,1-3H3. The maximum atomic E-state index is 12.9. The van der Waals surface area contributed by atoms with Gasteiger partial charge < -0.3 is 59.4 Å². The smallest absolute Gasteiger partial charge is 0.207 e. The van der Waals surface area contributed by atoms with Crippen molar-refractivity contribution in [3.05, 3.63) is 41.0 Å². The number of aryl methyl sites for hydroxylation is 1. The van der Waals surface area contributed by atoms with Gasteiger partial charge in [0.05, 0.1) is 36.9 Å². The third-order valence-electron chi connectivity index (χ3n) is 11.3. The van der Waals surface area contributed by atoms with Crippen molar-refractivity contribution < 1.29 is 64.2 Å². The van der Waals surface area contributed by atoms with Crippen LogP contribution in [0.2, 0.25) is 0 Å². The molecule has 3 heterocycles. The zero-order chi connectivity index (χ0) is 35.2. The molecular formula is C36H52O13. The van der Waals surface area contributed by atoms with E-state index in [1.165, 1.54) is 18.6 Å². The molecule has 1 aromatic carbocycles. The Hall–Kier alpha value is -2.01. The highest BCUT2D eigenvalue weighted by Gasteiger charge is 2.50. The average Bonchev–Trinajstić information content (AvgIpc) is 3.11. The van der Waals surface area contributed by atoms with Crippen LogP contribution in [0.5, 0.6) is 0 Å². The maximum Gasteiger partial charge on any atom is 0.207 e. The largest absolute Gasteiger partial charge is 0.464 e. The van der Waals surface area contributed by atoms with E-state index in [1.807, 2.05) is 12.1 Å². The first kappa shape index (κ1) is 36.8. The van der Waals surface area contributed by atoms with Gasteiger partial charge in [0.1, 0.15) is 36.3 Å². The summed E-state index contributed by atoms with van der Waals surface area (Å²) in [4.78, 5) is 12.9. The third-order valence-corrected chi connectivity index (χ3v) is 11.3. The van der Waals surface area contributed by atoms with Gasteiger partial charge in [0.2, 0.25) is 6.29 Å². The number of carbonyl (C=O) groups excluding carboxylic acids is 1. The Labute approximate surface area is 286 Å². The first-order valence-electron chi connectivity index (χ1n) is 17.7. The van der Waals surface area contributed by atoms with Crippen LogP contribution in [0.15, 0.2) is 24.3 Å². The number of hydrogen-bond acceptors (Lipinski definition) is 13. The molecule has 6 rings (SSSR count). The molecule has 49 heavy (non-hydrogen) atoms. The van der Waals surface area contributed by atoms with Gasteiger partial charge in [-0.1, -0.05) is 19.1 Å². The highest BCUT2D eigenvalue weighted by molar-refractivity contribution is 5.97. The van der Waals surface area contributed by atoms with Crippen molar-refractivity contribution in [1.82, 2.24) is 0 Å². The molecule has 15 unspecified atom stereocenters. The van der Waals surface area contributed by atoms with Crippen LogP contribution in [0.1, 0.15) is 88.3 Å². The fourth-order valence-corrected chi connectivity index (χ4v) is 8.36. The van der Waals surface area contributed by atoms with E-state index >= 15 is 0 Å². The summed E-state index contributed by atoms with van der Waals surface area (Å²) in [5, 5.41) is 73.1. The predicted molar refractivity (Wildman–Crippen MR) is 172 cm³/mol. The summed E-state index contributed by atoms with van der Waals surface area (Å²) in [6.07, 6.45) is -6.19. The van der Waals surface area contributed by atoms with Crippen LogP contribution in [0, 0.1) is 11.8 Å². The fourth-order valence-electron chi connectivity index (χ4n) is 8.36. The van der Waals surface area contributed by atoms with Gasteiger partial charge in [0.15, 0.2) is 18.4 Å². The van der Waals surface area contributed by atoms with Crippen molar-refractivity contribution in [2.24, 2.45) is 11.8 Å². The number of rotatable bonds is 6. The van der Waals surface area contributed by atoms with Crippen molar-refractivity contribution in [1.29, 1.82) is 0 Å². The van der Waals surface area contributed by atoms with E-state index in [4.69, 9.17) is 23.7 Å². The molecular weight excluding hydrogens is 640 g/mol. The molecule has 0 amide bonds. The van der Waals surface area contributed by atoms with Gasteiger partial charge in [0, 0.05) is 18.1 Å². The summed E-state index contributed by atoms with van der Waals surface area (Å²) < 4.78 is 29.5. The van der Waals surface area contributed by atoms with Crippen molar-refractivity contribution in [3.8, 4) is 0 Å². The molecule has 1 saturated carbocycles. The summed E-state index contributed by atoms with van der Waals surface area (Å²) in [6.45, 7) is 4.66. The minimum atomic E-state index is -1.63. The average molecular weight is 693 g/mol. The van der Waals surface area contributed by atoms with Crippen molar-refractivity contribution in [2.75, 3.05) is 6.61 Å². The second-order valence-corrected chi connectivity index (χ2v) is 14.9. The summed E-state index contributed by atoms with van der Waals surface area (Å²) >= 11 is 0. The number of aliphatic hydroxyl groups is 7. The van der Waals surface area contributed by atoms with Crippen LogP contribution in [0.3, 0.4) is 0 Å². The summed E-state index contributed by atoms with van der Waals surface area (Å²) in [7, 11) is 0. The molecule has 0 bridgehead atoms. The van der Waals surface area contributed by atoms with Gasteiger partial charge in [-0.15, -0.1) is 0 Å². The molecule has 2 saturated heterocycles. The minimum absolute atomic E-state index is 0.0653. The molecule has 13 heteroatoms. The van der Waals surface area contributed by atoms with Crippen LogP contribution in [0.4, 0.5) is 0 Å². The second kappa shape index (κ2) is 14.9. The van der Waals surface area contributed by atoms with E-state index in [0.29, 0.717) is 18.6 Å². The van der Waals surface area contributed by atoms with Crippen LogP contribution in [-0.2, 0) is 34.9 Å². The topological polar surface area (TPSA) is 205 Å². The molecule has 1 aromatic rings. The quantitative estimate of drug-likeness (QED) is 0.223. The van der Waals surface area contributed by atoms with Crippen LogP contribution < -0.4 is 0 Å². The molecule has 0 radical (unpaired) electrons. The number of aliphatic hydroxyl groups excluding tert-OH is 6. The first-order chi connectivity index (χ1) is 23.2. The number of benzene rings is 1. The Bertz CT molecular complexity index is 1350. The SMILES string of the molecule is CC1CCC2c3ccc(C4=CC(=O)CC(OC5C(C)OC(OC6OC(CO)C(O)C(O)C6O)CC5(C)O)O4)cc3CCC2C(O)CCC1O. The predicted octanol–water partition coefficient (Wildman–Crippen LogP) is 1.01. The zero-order valence-corrected chi connectivity index (χ0v) is 28.3. The Morgan fingerprint density at radius 3 is 2.39 bits per heavy atom. The van der Waals surface area contributed by atoms with Gasteiger partial charge in [-0.2, -0.15) is 0 Å². The summed E-state index contributed by atoms with van der Waals surface area (Å²) in [5.74, 6) is 0.658. The number of fused-ring (bicyclic) bond motifs is 3. The molecule has 5 aliphatic rings. The molecule has 2 aliphatic carbocycles. The number of hydrogen-bond donors (Lipinski definition) is 7. The third kappa shape index (κ3) is 7.77. The first-order valence-corrected chi connectivity index (χ1v) is 17.7. The minimum Gasteiger partial charge on any atom is -0.464 e. The highest BCUT2D eigenvalue weighted by atomic mass is 16.8. The molecule has 7 N–H and O–H groups in total. The lowest BCUT2D eigenvalue weighted by Crippen LogP contribution is -2.62. The number of allylic oxidation sites excluding steroid dienone is 1. The Morgan fingerprint density at radius 1 is 0.898 bits per heavy atom. The van der Waals surface area contributed by atoms with Crippen molar-refractivity contribution >= 4 is 11.5 Å². The second-order valence-electron chi connectivity index (χ2n) is 14.9. The van der Waals surface area contributed by atoms with Gasteiger partial charge in [-0.25, -0.2) is 0 Å². The van der Waals surface area contributed by atoms with Crippen molar-refractivity contribution in [3.63, 3.8) is 0 Å².